The van der Waals surface area contributed by atoms with Gasteiger partial charge in [-0.25, -0.2) is 0 Å². The highest BCUT2D eigenvalue weighted by Gasteiger charge is 2.13. The summed E-state index contributed by atoms with van der Waals surface area (Å²) in [5, 5.41) is 9.19. The number of allylic oxidation sites excluding steroid dienone is 1. The fourth-order valence-corrected chi connectivity index (χ4v) is 1.69. The number of benzene rings is 1. The van der Waals surface area contributed by atoms with E-state index < -0.39 is 0 Å². The van der Waals surface area contributed by atoms with Gasteiger partial charge in [-0.1, -0.05) is 32.1 Å². The van der Waals surface area contributed by atoms with E-state index in [2.05, 4.69) is 20.4 Å². The highest BCUT2D eigenvalue weighted by atomic mass is 16.3. The van der Waals surface area contributed by atoms with E-state index in [1.807, 2.05) is 18.2 Å². The molecule has 0 amide bonds. The van der Waals surface area contributed by atoms with Gasteiger partial charge in [0.2, 0.25) is 0 Å². The van der Waals surface area contributed by atoms with Gasteiger partial charge in [0.15, 0.2) is 0 Å². The van der Waals surface area contributed by atoms with Crippen LogP contribution in [0.4, 0.5) is 0 Å². The van der Waals surface area contributed by atoms with Gasteiger partial charge in [0.05, 0.1) is 0 Å². The molecule has 0 aliphatic heterocycles. The van der Waals surface area contributed by atoms with Gasteiger partial charge in [0, 0.05) is 0 Å². The molecule has 0 bridgehead atoms. The topological polar surface area (TPSA) is 20.2 Å². The van der Waals surface area contributed by atoms with Crippen LogP contribution in [0.5, 0.6) is 5.75 Å². The first-order valence-electron chi connectivity index (χ1n) is 5.05. The van der Waals surface area contributed by atoms with Crippen molar-refractivity contribution < 1.29 is 5.11 Å². The Morgan fingerprint density at radius 1 is 1.29 bits per heavy atom. The number of rotatable bonds is 4. The second-order valence-corrected chi connectivity index (χ2v) is 3.97. The van der Waals surface area contributed by atoms with Gasteiger partial charge >= 0.3 is 0 Å². The third kappa shape index (κ3) is 2.63. The molecule has 0 aliphatic rings. The zero-order valence-corrected chi connectivity index (χ0v) is 8.90. The summed E-state index contributed by atoms with van der Waals surface area (Å²) >= 11 is 0. The van der Waals surface area contributed by atoms with Crippen LogP contribution < -0.4 is 0 Å². The molecule has 0 spiro atoms. The monoisotopic (exact) mass is 190 g/mol. The Morgan fingerprint density at radius 2 is 1.86 bits per heavy atom. The Hall–Kier alpha value is -1.24. The van der Waals surface area contributed by atoms with Gasteiger partial charge in [-0.05, 0) is 36.0 Å². The van der Waals surface area contributed by atoms with Crippen LogP contribution in [0.15, 0.2) is 36.9 Å². The SMILES string of the molecule is C=CCC(c1ccc(O)cc1)C(C)C. The lowest BCUT2D eigenvalue weighted by Crippen LogP contribution is -2.05. The van der Waals surface area contributed by atoms with Crippen LogP contribution in [-0.2, 0) is 0 Å². The molecule has 0 heterocycles. The van der Waals surface area contributed by atoms with Crippen LogP contribution in [0.25, 0.3) is 0 Å². The van der Waals surface area contributed by atoms with E-state index in [-0.39, 0.29) is 0 Å². The Bertz CT molecular complexity index is 285. The molecule has 1 aromatic rings. The molecule has 14 heavy (non-hydrogen) atoms. The van der Waals surface area contributed by atoms with Crippen LogP contribution in [0.2, 0.25) is 0 Å². The first kappa shape index (κ1) is 10.8. The molecule has 1 atom stereocenters. The summed E-state index contributed by atoms with van der Waals surface area (Å²) in [7, 11) is 0. The molecule has 0 aliphatic carbocycles. The minimum absolute atomic E-state index is 0.329. The van der Waals surface area contributed by atoms with Crippen molar-refractivity contribution >= 4 is 0 Å². The van der Waals surface area contributed by atoms with E-state index in [1.165, 1.54) is 5.56 Å². The van der Waals surface area contributed by atoms with Crippen LogP contribution in [0, 0.1) is 5.92 Å². The molecule has 1 nitrogen and oxygen atoms in total. The number of hydrogen-bond donors (Lipinski definition) is 1. The summed E-state index contributed by atoms with van der Waals surface area (Å²) in [5.41, 5.74) is 1.28. The Kier molecular flexibility index (Phi) is 3.75. The van der Waals surface area contributed by atoms with Gasteiger partial charge in [0.25, 0.3) is 0 Å². The zero-order chi connectivity index (χ0) is 10.6. The average Bonchev–Trinajstić information content (AvgIpc) is 2.15. The third-order valence-corrected chi connectivity index (χ3v) is 2.55. The molecule has 1 heteroatoms. The minimum atomic E-state index is 0.329. The first-order chi connectivity index (χ1) is 6.65. The van der Waals surface area contributed by atoms with Crippen molar-refractivity contribution in [2.75, 3.05) is 0 Å². The summed E-state index contributed by atoms with van der Waals surface area (Å²) in [4.78, 5) is 0. The smallest absolute Gasteiger partial charge is 0.115 e. The van der Waals surface area contributed by atoms with Gasteiger partial charge in [-0.2, -0.15) is 0 Å². The van der Waals surface area contributed by atoms with Crippen molar-refractivity contribution in [3.8, 4) is 5.75 Å². The maximum absolute atomic E-state index is 9.19. The second-order valence-electron chi connectivity index (χ2n) is 3.97. The van der Waals surface area contributed by atoms with Gasteiger partial charge in [-0.15, -0.1) is 6.58 Å². The van der Waals surface area contributed by atoms with Crippen LogP contribution in [-0.4, -0.2) is 5.11 Å². The van der Waals surface area contributed by atoms with E-state index in [1.54, 1.807) is 12.1 Å². The van der Waals surface area contributed by atoms with Gasteiger partial charge in [0.1, 0.15) is 5.75 Å². The lowest BCUT2D eigenvalue weighted by atomic mass is 9.86. The normalized spacial score (nSPS) is 12.8. The number of phenolic OH excluding ortho intramolecular Hbond substituents is 1. The molecular weight excluding hydrogens is 172 g/mol. The van der Waals surface area contributed by atoms with Crippen LogP contribution in [0.3, 0.4) is 0 Å². The highest BCUT2D eigenvalue weighted by molar-refractivity contribution is 5.28. The fourth-order valence-electron chi connectivity index (χ4n) is 1.69. The summed E-state index contributed by atoms with van der Waals surface area (Å²) in [6.45, 7) is 8.20. The molecule has 76 valence electrons. The van der Waals surface area contributed by atoms with Crippen molar-refractivity contribution in [1.29, 1.82) is 0 Å². The third-order valence-electron chi connectivity index (χ3n) is 2.55. The quantitative estimate of drug-likeness (QED) is 0.718. The summed E-state index contributed by atoms with van der Waals surface area (Å²) in [6, 6.07) is 7.47. The summed E-state index contributed by atoms with van der Waals surface area (Å²) in [6.07, 6.45) is 2.94. The fraction of sp³-hybridized carbons (Fsp3) is 0.385. The molecule has 1 aromatic carbocycles. The van der Waals surface area contributed by atoms with Gasteiger partial charge < -0.3 is 5.11 Å². The van der Waals surface area contributed by atoms with Crippen molar-refractivity contribution in [3.63, 3.8) is 0 Å². The highest BCUT2D eigenvalue weighted by Crippen LogP contribution is 2.29. The first-order valence-corrected chi connectivity index (χ1v) is 5.05. The van der Waals surface area contributed by atoms with Crippen LogP contribution in [0.1, 0.15) is 31.7 Å². The van der Waals surface area contributed by atoms with Crippen molar-refractivity contribution in [1.82, 2.24) is 0 Å². The Morgan fingerprint density at radius 3 is 2.29 bits per heavy atom. The minimum Gasteiger partial charge on any atom is -0.508 e. The van der Waals surface area contributed by atoms with E-state index >= 15 is 0 Å². The average molecular weight is 190 g/mol. The van der Waals surface area contributed by atoms with Crippen molar-refractivity contribution in [2.24, 2.45) is 5.92 Å². The Balaban J connectivity index is 2.87. The maximum atomic E-state index is 9.19. The zero-order valence-electron chi connectivity index (χ0n) is 8.90. The van der Waals surface area contributed by atoms with Crippen molar-refractivity contribution in [2.45, 2.75) is 26.2 Å². The predicted octanol–water partition coefficient (Wildman–Crippen LogP) is 3.71. The molecule has 0 radical (unpaired) electrons. The molecule has 1 N–H and O–H groups in total. The van der Waals surface area contributed by atoms with E-state index in [0.717, 1.165) is 6.42 Å². The van der Waals surface area contributed by atoms with Crippen molar-refractivity contribution in [3.05, 3.63) is 42.5 Å². The van der Waals surface area contributed by atoms with E-state index in [0.29, 0.717) is 17.6 Å². The van der Waals surface area contributed by atoms with Gasteiger partial charge in [-0.3, -0.25) is 0 Å². The molecule has 1 rings (SSSR count). The second kappa shape index (κ2) is 4.85. The standard InChI is InChI=1S/C13H18O/c1-4-5-13(10(2)3)11-6-8-12(14)9-7-11/h4,6-10,13-14H,1,5H2,2-3H3. The molecular formula is C13H18O. The lowest BCUT2D eigenvalue weighted by Gasteiger charge is -2.19. The molecule has 0 fully saturated rings. The number of phenols is 1. The largest absolute Gasteiger partial charge is 0.508 e. The summed E-state index contributed by atoms with van der Waals surface area (Å²) < 4.78 is 0. The molecule has 0 saturated heterocycles. The van der Waals surface area contributed by atoms with E-state index in [4.69, 9.17) is 0 Å². The Labute approximate surface area is 86.1 Å². The molecule has 1 unspecified atom stereocenters. The number of aromatic hydroxyl groups is 1. The molecule has 0 saturated carbocycles. The summed E-state index contributed by atoms with van der Waals surface area (Å²) in [5.74, 6) is 1.43. The number of hydrogen-bond acceptors (Lipinski definition) is 1. The predicted molar refractivity (Wildman–Crippen MR) is 60.5 cm³/mol. The maximum Gasteiger partial charge on any atom is 0.115 e. The lowest BCUT2D eigenvalue weighted by molar-refractivity contribution is 0.472. The van der Waals surface area contributed by atoms with Crippen LogP contribution >= 0.6 is 0 Å². The molecule has 0 aromatic heterocycles. The van der Waals surface area contributed by atoms with E-state index in [9.17, 15) is 5.11 Å².